The summed E-state index contributed by atoms with van der Waals surface area (Å²) in [5.74, 6) is 5.93. The van der Waals surface area contributed by atoms with E-state index in [0.717, 1.165) is 25.7 Å². The van der Waals surface area contributed by atoms with E-state index in [2.05, 4.69) is 32.6 Å². The molecule has 0 fully saturated rings. The zero-order valence-corrected chi connectivity index (χ0v) is 23.6. The summed E-state index contributed by atoms with van der Waals surface area (Å²) < 4.78 is 10.8. The van der Waals surface area contributed by atoms with Crippen LogP contribution >= 0.6 is 0 Å². The van der Waals surface area contributed by atoms with Crippen molar-refractivity contribution in [1.82, 2.24) is 0 Å². The van der Waals surface area contributed by atoms with Crippen LogP contribution in [0.15, 0.2) is 0 Å². The quantitative estimate of drug-likeness (QED) is 0.0811. The van der Waals surface area contributed by atoms with Crippen molar-refractivity contribution in [3.05, 3.63) is 0 Å². The maximum atomic E-state index is 12.1. The third-order valence-corrected chi connectivity index (χ3v) is 6.17. The lowest BCUT2D eigenvalue weighted by Crippen LogP contribution is -2.19. The summed E-state index contributed by atoms with van der Waals surface area (Å²) in [6, 6.07) is 0. The summed E-state index contributed by atoms with van der Waals surface area (Å²) >= 11 is 0. The zero-order chi connectivity index (χ0) is 26.0. The third-order valence-electron chi connectivity index (χ3n) is 6.17. The molecule has 35 heavy (non-hydrogen) atoms. The highest BCUT2D eigenvalue weighted by Gasteiger charge is 2.14. The summed E-state index contributed by atoms with van der Waals surface area (Å²) in [6.45, 7) is 8.91. The Morgan fingerprint density at radius 1 is 0.657 bits per heavy atom. The van der Waals surface area contributed by atoms with Crippen LogP contribution in [-0.4, -0.2) is 24.6 Å². The van der Waals surface area contributed by atoms with E-state index in [0.29, 0.717) is 18.9 Å². The van der Waals surface area contributed by atoms with Crippen molar-refractivity contribution in [2.75, 3.05) is 6.61 Å². The molecule has 0 bridgehead atoms. The lowest BCUT2D eigenvalue weighted by Gasteiger charge is -2.14. The van der Waals surface area contributed by atoms with E-state index >= 15 is 0 Å². The predicted molar refractivity (Wildman–Crippen MR) is 147 cm³/mol. The minimum atomic E-state index is -0.348. The van der Waals surface area contributed by atoms with Gasteiger partial charge in [-0.2, -0.15) is 0 Å². The first kappa shape index (κ1) is 33.5. The molecule has 204 valence electrons. The molecule has 0 N–H and O–H groups in total. The fraction of sp³-hybridized carbons (Fsp3) is 0.871. The van der Waals surface area contributed by atoms with Crippen LogP contribution in [0.4, 0.5) is 0 Å². The zero-order valence-electron chi connectivity index (χ0n) is 23.6. The van der Waals surface area contributed by atoms with Crippen LogP contribution in [0.25, 0.3) is 0 Å². The lowest BCUT2D eigenvalue weighted by atomic mass is 10.0. The molecule has 0 rings (SSSR count). The van der Waals surface area contributed by atoms with Gasteiger partial charge in [-0.15, -0.1) is 0 Å². The first-order chi connectivity index (χ1) is 17.0. The average molecular weight is 493 g/mol. The van der Waals surface area contributed by atoms with Crippen LogP contribution in [-0.2, 0) is 19.1 Å². The Hall–Kier alpha value is -1.50. The van der Waals surface area contributed by atoms with Gasteiger partial charge in [0.25, 0.3) is 0 Å². The minimum absolute atomic E-state index is 0.215. The van der Waals surface area contributed by atoms with Crippen molar-refractivity contribution in [3.63, 3.8) is 0 Å². The monoisotopic (exact) mass is 492 g/mol. The van der Waals surface area contributed by atoms with Gasteiger partial charge in [0.15, 0.2) is 6.10 Å². The Balaban J connectivity index is 3.52. The molecule has 0 aliphatic carbocycles. The van der Waals surface area contributed by atoms with Crippen molar-refractivity contribution in [1.29, 1.82) is 0 Å². The first-order valence-electron chi connectivity index (χ1n) is 14.8. The van der Waals surface area contributed by atoms with Crippen LogP contribution in [0.5, 0.6) is 0 Å². The SMILES string of the molecule is CCC#CC(CC(C)C)OC(=O)CCCC(=O)OCCCCCCCCCCCCCCCCC. The molecule has 0 aromatic heterocycles. The molecule has 0 saturated carbocycles. The minimum Gasteiger partial charge on any atom is -0.466 e. The second-order valence-corrected chi connectivity index (χ2v) is 10.3. The molecule has 0 aromatic rings. The summed E-state index contributed by atoms with van der Waals surface area (Å²) in [4.78, 5) is 23.9. The van der Waals surface area contributed by atoms with Crippen LogP contribution < -0.4 is 0 Å². The molecule has 0 saturated heterocycles. The molecular formula is C31H56O4. The van der Waals surface area contributed by atoms with Crippen molar-refractivity contribution in [2.45, 2.75) is 162 Å². The van der Waals surface area contributed by atoms with E-state index in [-0.39, 0.29) is 30.9 Å². The Kier molecular flexibility index (Phi) is 24.5. The van der Waals surface area contributed by atoms with Crippen LogP contribution in [0, 0.1) is 17.8 Å². The molecule has 0 aromatic carbocycles. The van der Waals surface area contributed by atoms with E-state index in [1.165, 1.54) is 83.5 Å². The van der Waals surface area contributed by atoms with Gasteiger partial charge in [0, 0.05) is 19.3 Å². The van der Waals surface area contributed by atoms with Gasteiger partial charge in [-0.3, -0.25) is 9.59 Å². The highest BCUT2D eigenvalue weighted by Crippen LogP contribution is 2.14. The van der Waals surface area contributed by atoms with Gasteiger partial charge >= 0.3 is 11.9 Å². The van der Waals surface area contributed by atoms with Crippen LogP contribution in [0.3, 0.4) is 0 Å². The predicted octanol–water partition coefficient (Wildman–Crippen LogP) is 8.94. The van der Waals surface area contributed by atoms with Crippen molar-refractivity contribution < 1.29 is 19.1 Å². The molecule has 0 amide bonds. The van der Waals surface area contributed by atoms with E-state index < -0.39 is 0 Å². The fourth-order valence-electron chi connectivity index (χ4n) is 4.11. The number of unbranched alkanes of at least 4 members (excludes halogenated alkanes) is 14. The summed E-state index contributed by atoms with van der Waals surface area (Å²) in [5.41, 5.74) is 0. The lowest BCUT2D eigenvalue weighted by molar-refractivity contribution is -0.147. The molecule has 1 atom stereocenters. The van der Waals surface area contributed by atoms with Gasteiger partial charge in [-0.25, -0.2) is 0 Å². The van der Waals surface area contributed by atoms with Gasteiger partial charge in [-0.1, -0.05) is 129 Å². The van der Waals surface area contributed by atoms with E-state index in [4.69, 9.17) is 9.47 Å². The van der Waals surface area contributed by atoms with E-state index in [9.17, 15) is 9.59 Å². The Labute approximate surface area is 217 Å². The van der Waals surface area contributed by atoms with Gasteiger partial charge in [0.05, 0.1) is 6.61 Å². The molecule has 0 radical (unpaired) electrons. The second-order valence-electron chi connectivity index (χ2n) is 10.3. The molecular weight excluding hydrogens is 436 g/mol. The van der Waals surface area contributed by atoms with Crippen molar-refractivity contribution in [3.8, 4) is 11.8 Å². The number of carbonyl (C=O) groups excluding carboxylic acids is 2. The molecule has 4 nitrogen and oxygen atoms in total. The summed E-state index contributed by atoms with van der Waals surface area (Å²) in [5, 5.41) is 0. The first-order valence-corrected chi connectivity index (χ1v) is 14.8. The largest absolute Gasteiger partial charge is 0.466 e. The van der Waals surface area contributed by atoms with Crippen LogP contribution in [0.1, 0.15) is 156 Å². The third kappa shape index (κ3) is 25.4. The highest BCUT2D eigenvalue weighted by atomic mass is 16.5. The summed E-state index contributed by atoms with van der Waals surface area (Å²) in [7, 11) is 0. The molecule has 0 aliphatic heterocycles. The van der Waals surface area contributed by atoms with Crippen LogP contribution in [0.2, 0.25) is 0 Å². The fourth-order valence-corrected chi connectivity index (χ4v) is 4.11. The Bertz CT molecular complexity index is 558. The molecule has 0 spiro atoms. The highest BCUT2D eigenvalue weighted by molar-refractivity contribution is 5.72. The topological polar surface area (TPSA) is 52.6 Å². The number of rotatable bonds is 23. The van der Waals surface area contributed by atoms with Gasteiger partial charge in [0.2, 0.25) is 0 Å². The van der Waals surface area contributed by atoms with E-state index in [1.807, 2.05) is 6.92 Å². The second kappa shape index (κ2) is 25.6. The van der Waals surface area contributed by atoms with Gasteiger partial charge < -0.3 is 9.47 Å². The number of ether oxygens (including phenoxy) is 2. The van der Waals surface area contributed by atoms with Gasteiger partial charge in [0.1, 0.15) is 0 Å². The Morgan fingerprint density at radius 2 is 1.14 bits per heavy atom. The van der Waals surface area contributed by atoms with Crippen molar-refractivity contribution in [2.24, 2.45) is 5.92 Å². The van der Waals surface area contributed by atoms with Crippen molar-refractivity contribution >= 4 is 11.9 Å². The smallest absolute Gasteiger partial charge is 0.307 e. The number of carbonyl (C=O) groups is 2. The molecule has 1 unspecified atom stereocenters. The number of hydrogen-bond acceptors (Lipinski definition) is 4. The normalized spacial score (nSPS) is 11.7. The average Bonchev–Trinajstić information content (AvgIpc) is 2.82. The number of hydrogen-bond donors (Lipinski definition) is 0. The molecule has 0 aliphatic rings. The summed E-state index contributed by atoms with van der Waals surface area (Å²) in [6.07, 6.45) is 21.9. The van der Waals surface area contributed by atoms with E-state index in [1.54, 1.807) is 0 Å². The molecule has 4 heteroatoms. The maximum absolute atomic E-state index is 12.1. The maximum Gasteiger partial charge on any atom is 0.307 e. The van der Waals surface area contributed by atoms with Gasteiger partial charge in [-0.05, 0) is 25.2 Å². The Morgan fingerprint density at radius 3 is 1.63 bits per heavy atom. The number of esters is 2. The standard InChI is InChI=1S/C31H56O4/c1-5-7-9-10-11-12-13-14-15-16-17-18-19-20-21-26-34-30(32)24-22-25-31(33)35-29(23-8-6-2)27-28(3)4/h28-29H,5-7,9-22,24-27H2,1-4H3. The molecule has 0 heterocycles.